The minimum atomic E-state index is -0.454. The summed E-state index contributed by atoms with van der Waals surface area (Å²) < 4.78 is 0. The second-order valence-corrected chi connectivity index (χ2v) is 14.9. The number of hydrogen-bond acceptors (Lipinski definition) is 1. The van der Waals surface area contributed by atoms with Gasteiger partial charge in [-0.2, -0.15) is 0 Å². The van der Waals surface area contributed by atoms with Crippen LogP contribution in [-0.2, 0) is 10.8 Å². The molecule has 0 amide bonds. The Kier molecular flexibility index (Phi) is 7.13. The van der Waals surface area contributed by atoms with Crippen molar-refractivity contribution in [3.8, 4) is 33.4 Å². The molecule has 1 spiro atoms. The quantitative estimate of drug-likeness (QED) is 0.175. The summed E-state index contributed by atoms with van der Waals surface area (Å²) in [5, 5.41) is 0. The summed E-state index contributed by atoms with van der Waals surface area (Å²) in [6.07, 6.45) is 0. The third-order valence-corrected chi connectivity index (χ3v) is 11.8. The second-order valence-electron chi connectivity index (χ2n) is 14.9. The lowest BCUT2D eigenvalue weighted by molar-refractivity contribution is 0.563. The first-order chi connectivity index (χ1) is 26.0. The fourth-order valence-corrected chi connectivity index (χ4v) is 9.30. The van der Waals surface area contributed by atoms with Crippen molar-refractivity contribution in [1.82, 2.24) is 0 Å². The van der Waals surface area contributed by atoms with Crippen molar-refractivity contribution < 1.29 is 0 Å². The molecule has 0 N–H and O–H groups in total. The predicted molar refractivity (Wildman–Crippen MR) is 221 cm³/mol. The standard InChI is InChI=1S/C52H39N/c1-51(2)46-21-11-13-23-48(46)52(49-24-14-12-22-47(49)51)45-20-10-9-19-43(45)44-34-33-42(35-50(44)52)53(40-29-25-38(26-30-40)36-15-5-3-6-16-36)41-31-27-39(28-32-41)37-17-7-4-8-18-37/h3-35H,1-2H3. The molecule has 2 aliphatic carbocycles. The summed E-state index contributed by atoms with van der Waals surface area (Å²) in [6, 6.07) is 73.9. The van der Waals surface area contributed by atoms with Gasteiger partial charge in [0.25, 0.3) is 0 Å². The molecule has 8 aromatic rings. The maximum absolute atomic E-state index is 2.48. The van der Waals surface area contributed by atoms with E-state index in [1.165, 1.54) is 66.8 Å². The fourth-order valence-electron chi connectivity index (χ4n) is 9.30. The molecule has 0 heterocycles. The van der Waals surface area contributed by atoms with E-state index in [4.69, 9.17) is 0 Å². The molecule has 0 radical (unpaired) electrons. The van der Waals surface area contributed by atoms with E-state index in [9.17, 15) is 0 Å². The van der Waals surface area contributed by atoms with Gasteiger partial charge in [-0.25, -0.2) is 0 Å². The van der Waals surface area contributed by atoms with Crippen molar-refractivity contribution in [3.05, 3.63) is 234 Å². The summed E-state index contributed by atoms with van der Waals surface area (Å²) in [6.45, 7) is 4.77. The Labute approximate surface area is 312 Å². The van der Waals surface area contributed by atoms with Gasteiger partial charge in [0.05, 0.1) is 5.41 Å². The molecule has 8 aromatic carbocycles. The van der Waals surface area contributed by atoms with Gasteiger partial charge in [-0.05, 0) is 103 Å². The van der Waals surface area contributed by atoms with E-state index < -0.39 is 5.41 Å². The van der Waals surface area contributed by atoms with Gasteiger partial charge in [0.1, 0.15) is 0 Å². The van der Waals surface area contributed by atoms with Crippen molar-refractivity contribution in [1.29, 1.82) is 0 Å². The van der Waals surface area contributed by atoms with Crippen molar-refractivity contribution in [2.75, 3.05) is 4.90 Å². The first-order valence-corrected chi connectivity index (χ1v) is 18.6. The van der Waals surface area contributed by atoms with E-state index in [0.29, 0.717) is 0 Å². The normalized spacial score (nSPS) is 14.2. The van der Waals surface area contributed by atoms with Crippen LogP contribution >= 0.6 is 0 Å². The zero-order chi connectivity index (χ0) is 35.6. The molecule has 0 bridgehead atoms. The van der Waals surface area contributed by atoms with Crippen LogP contribution in [0, 0.1) is 0 Å². The highest BCUT2D eigenvalue weighted by Crippen LogP contribution is 2.62. The van der Waals surface area contributed by atoms with E-state index in [-0.39, 0.29) is 5.41 Å². The number of anilines is 3. The highest BCUT2D eigenvalue weighted by atomic mass is 15.1. The van der Waals surface area contributed by atoms with Gasteiger partial charge in [0.2, 0.25) is 0 Å². The minimum Gasteiger partial charge on any atom is -0.310 e. The zero-order valence-corrected chi connectivity index (χ0v) is 30.0. The summed E-state index contributed by atoms with van der Waals surface area (Å²) in [7, 11) is 0. The van der Waals surface area contributed by atoms with E-state index >= 15 is 0 Å². The molecule has 0 fully saturated rings. The molecule has 53 heavy (non-hydrogen) atoms. The van der Waals surface area contributed by atoms with Crippen molar-refractivity contribution in [3.63, 3.8) is 0 Å². The molecule has 0 atom stereocenters. The Morgan fingerprint density at radius 2 is 0.679 bits per heavy atom. The SMILES string of the molecule is CC1(C)c2ccccc2C2(c3ccccc3-c3ccc(N(c4ccc(-c5ccccc5)cc4)c4ccc(-c5ccccc5)cc4)cc32)c2ccccc21. The van der Waals surface area contributed by atoms with Crippen molar-refractivity contribution >= 4 is 17.1 Å². The van der Waals surface area contributed by atoms with E-state index in [0.717, 1.165) is 17.1 Å². The third-order valence-electron chi connectivity index (χ3n) is 11.8. The molecule has 252 valence electrons. The molecule has 10 rings (SSSR count). The molecule has 2 aliphatic rings. The van der Waals surface area contributed by atoms with E-state index in [1.807, 2.05) is 0 Å². The first-order valence-electron chi connectivity index (χ1n) is 18.6. The number of benzene rings is 8. The first kappa shape index (κ1) is 31.3. The Morgan fingerprint density at radius 1 is 0.302 bits per heavy atom. The molecule has 0 unspecified atom stereocenters. The van der Waals surface area contributed by atoms with Gasteiger partial charge < -0.3 is 4.90 Å². The maximum Gasteiger partial charge on any atom is 0.0720 e. The largest absolute Gasteiger partial charge is 0.310 e. The van der Waals surface area contributed by atoms with Crippen LogP contribution in [0.25, 0.3) is 33.4 Å². The molecule has 0 saturated carbocycles. The van der Waals surface area contributed by atoms with Gasteiger partial charge in [0, 0.05) is 22.5 Å². The van der Waals surface area contributed by atoms with Crippen molar-refractivity contribution in [2.24, 2.45) is 0 Å². The summed E-state index contributed by atoms with van der Waals surface area (Å²) in [5.74, 6) is 0. The lowest BCUT2D eigenvalue weighted by Gasteiger charge is -2.46. The Bertz CT molecular complexity index is 2480. The number of nitrogens with zero attached hydrogens (tertiary/aromatic N) is 1. The highest BCUT2D eigenvalue weighted by molar-refractivity contribution is 5.91. The fraction of sp³-hybridized carbons (Fsp3) is 0.0769. The van der Waals surface area contributed by atoms with Crippen LogP contribution in [0.2, 0.25) is 0 Å². The second kappa shape index (κ2) is 12.1. The number of hydrogen-bond donors (Lipinski definition) is 0. The summed E-state index contributed by atoms with van der Waals surface area (Å²) in [4.78, 5) is 2.42. The van der Waals surface area contributed by atoms with E-state index in [2.05, 4.69) is 219 Å². The average Bonchev–Trinajstić information content (AvgIpc) is 3.52. The smallest absolute Gasteiger partial charge is 0.0720 e. The maximum atomic E-state index is 2.48. The van der Waals surface area contributed by atoms with Crippen LogP contribution in [0.1, 0.15) is 47.2 Å². The van der Waals surface area contributed by atoms with Crippen molar-refractivity contribution in [2.45, 2.75) is 24.7 Å². The highest BCUT2D eigenvalue weighted by Gasteiger charge is 2.53. The molecule has 0 aromatic heterocycles. The van der Waals surface area contributed by atoms with Crippen LogP contribution in [-0.4, -0.2) is 0 Å². The van der Waals surface area contributed by atoms with Gasteiger partial charge >= 0.3 is 0 Å². The average molecular weight is 678 g/mol. The lowest BCUT2D eigenvalue weighted by Crippen LogP contribution is -2.40. The zero-order valence-electron chi connectivity index (χ0n) is 30.0. The van der Waals surface area contributed by atoms with Gasteiger partial charge in [-0.3, -0.25) is 0 Å². The third kappa shape index (κ3) is 4.70. The Morgan fingerprint density at radius 3 is 1.19 bits per heavy atom. The topological polar surface area (TPSA) is 3.24 Å². The molecule has 1 nitrogen and oxygen atoms in total. The summed E-state index contributed by atoms with van der Waals surface area (Å²) >= 11 is 0. The van der Waals surface area contributed by atoms with Crippen LogP contribution in [0.4, 0.5) is 17.1 Å². The molecular weight excluding hydrogens is 639 g/mol. The minimum absolute atomic E-state index is 0.138. The number of rotatable bonds is 5. The Hall–Kier alpha value is -6.44. The predicted octanol–water partition coefficient (Wildman–Crippen LogP) is 13.5. The van der Waals surface area contributed by atoms with Crippen LogP contribution < -0.4 is 4.90 Å². The molecular formula is C52H39N. The summed E-state index contributed by atoms with van der Waals surface area (Å²) in [5.41, 5.74) is 18.4. The monoisotopic (exact) mass is 677 g/mol. The van der Waals surface area contributed by atoms with Gasteiger partial charge in [-0.1, -0.05) is 178 Å². The van der Waals surface area contributed by atoms with Crippen LogP contribution in [0.15, 0.2) is 200 Å². The van der Waals surface area contributed by atoms with Crippen LogP contribution in [0.5, 0.6) is 0 Å². The number of fused-ring (bicyclic) bond motifs is 9. The van der Waals surface area contributed by atoms with Gasteiger partial charge in [0.15, 0.2) is 0 Å². The molecule has 0 aliphatic heterocycles. The van der Waals surface area contributed by atoms with Gasteiger partial charge in [-0.15, -0.1) is 0 Å². The van der Waals surface area contributed by atoms with E-state index in [1.54, 1.807) is 0 Å². The lowest BCUT2D eigenvalue weighted by atomic mass is 9.55. The molecule has 0 saturated heterocycles. The van der Waals surface area contributed by atoms with Crippen LogP contribution in [0.3, 0.4) is 0 Å². The molecule has 1 heteroatoms. The Balaban J connectivity index is 1.21.